The van der Waals surface area contributed by atoms with E-state index in [9.17, 15) is 34.2 Å². The summed E-state index contributed by atoms with van der Waals surface area (Å²) in [6.07, 6.45) is -0.959. The Bertz CT molecular complexity index is 1480. The van der Waals surface area contributed by atoms with E-state index in [0.29, 0.717) is 22.0 Å². The molecule has 1 atom stereocenters. The second-order valence-corrected chi connectivity index (χ2v) is 9.43. The Hall–Kier alpha value is -5.00. The summed E-state index contributed by atoms with van der Waals surface area (Å²) in [5, 5.41) is 22.0. The highest BCUT2D eigenvalue weighted by Crippen LogP contribution is 2.29. The predicted octanol–water partition coefficient (Wildman–Crippen LogP) is 2.86. The van der Waals surface area contributed by atoms with Crippen LogP contribution in [-0.2, 0) is 14.3 Å². The number of aromatic carboxylic acids is 1. The van der Waals surface area contributed by atoms with Crippen LogP contribution in [0.2, 0.25) is 0 Å². The molecule has 3 N–H and O–H groups in total. The van der Waals surface area contributed by atoms with Gasteiger partial charge in [0, 0.05) is 38.0 Å². The summed E-state index contributed by atoms with van der Waals surface area (Å²) < 4.78 is 5.01. The standard InChI is InChI=1S/C29H30N4O8/c1-2-41-29(40)33-14-12-32(13-15-33)27(37)23(10-11-25(34)35)31-26(36)24-17-21(20-8-3-4-9-22(20)30-24)18-6-5-7-19(16-18)28(38)39/h3-9,16-17,23H,2,10-15H2,1H3,(H,31,36)(H,34,35)(H,38,39)/t23-/m0/s1. The van der Waals surface area contributed by atoms with Gasteiger partial charge in [0.05, 0.1) is 17.7 Å². The zero-order valence-electron chi connectivity index (χ0n) is 22.4. The van der Waals surface area contributed by atoms with Crippen molar-refractivity contribution in [1.29, 1.82) is 0 Å². The van der Waals surface area contributed by atoms with Crippen molar-refractivity contribution in [3.05, 3.63) is 65.9 Å². The number of fused-ring (bicyclic) bond motifs is 1. The number of amides is 3. The van der Waals surface area contributed by atoms with Gasteiger partial charge in [0.1, 0.15) is 11.7 Å². The van der Waals surface area contributed by atoms with Gasteiger partial charge in [-0.05, 0) is 48.7 Å². The lowest BCUT2D eigenvalue weighted by Gasteiger charge is -2.35. The minimum absolute atomic E-state index is 0.0142. The number of nitrogens with zero attached hydrogens (tertiary/aromatic N) is 3. The van der Waals surface area contributed by atoms with E-state index < -0.39 is 35.9 Å². The van der Waals surface area contributed by atoms with Crippen LogP contribution in [0.3, 0.4) is 0 Å². The number of pyridine rings is 1. The number of nitrogens with one attached hydrogen (secondary N) is 1. The van der Waals surface area contributed by atoms with Crippen molar-refractivity contribution >= 4 is 40.7 Å². The van der Waals surface area contributed by atoms with Crippen molar-refractivity contribution < 1.29 is 38.9 Å². The SMILES string of the molecule is CCOC(=O)N1CCN(C(=O)[C@H](CCC(=O)O)NC(=O)c2cc(-c3cccc(C(=O)O)c3)c3ccccc3n2)CC1. The van der Waals surface area contributed by atoms with Crippen LogP contribution in [0.4, 0.5) is 4.79 Å². The number of carbonyl (C=O) groups is 5. The van der Waals surface area contributed by atoms with Crippen LogP contribution in [0.15, 0.2) is 54.6 Å². The van der Waals surface area contributed by atoms with Gasteiger partial charge in [0.25, 0.3) is 5.91 Å². The first-order valence-corrected chi connectivity index (χ1v) is 13.1. The Kier molecular flexibility index (Phi) is 9.12. The molecule has 1 fully saturated rings. The number of rotatable bonds is 9. The highest BCUT2D eigenvalue weighted by molar-refractivity contribution is 6.03. The fourth-order valence-electron chi connectivity index (χ4n) is 4.65. The predicted molar refractivity (Wildman–Crippen MR) is 147 cm³/mol. The Morgan fingerprint density at radius 3 is 2.34 bits per heavy atom. The Labute approximate surface area is 235 Å². The Balaban J connectivity index is 1.59. The van der Waals surface area contributed by atoms with Gasteiger partial charge < -0.3 is 30.1 Å². The molecule has 2 heterocycles. The third-order valence-electron chi connectivity index (χ3n) is 6.74. The van der Waals surface area contributed by atoms with Crippen LogP contribution in [-0.4, -0.2) is 93.7 Å². The van der Waals surface area contributed by atoms with Crippen LogP contribution in [0.25, 0.3) is 22.0 Å². The number of piperazine rings is 1. The molecule has 0 radical (unpaired) electrons. The molecule has 1 aliphatic rings. The molecule has 0 spiro atoms. The molecule has 0 saturated carbocycles. The van der Waals surface area contributed by atoms with E-state index >= 15 is 0 Å². The molecule has 12 heteroatoms. The molecule has 0 bridgehead atoms. The average molecular weight is 563 g/mol. The number of aliphatic carboxylic acids is 1. The molecule has 1 aromatic heterocycles. The molecule has 3 aromatic rings. The lowest BCUT2D eigenvalue weighted by molar-refractivity contribution is -0.138. The zero-order valence-corrected chi connectivity index (χ0v) is 22.4. The van der Waals surface area contributed by atoms with Crippen molar-refractivity contribution in [3.8, 4) is 11.1 Å². The highest BCUT2D eigenvalue weighted by Gasteiger charge is 2.31. The van der Waals surface area contributed by atoms with Crippen molar-refractivity contribution in [2.75, 3.05) is 32.8 Å². The maximum atomic E-state index is 13.4. The summed E-state index contributed by atoms with van der Waals surface area (Å²) in [4.78, 5) is 69.1. The zero-order chi connectivity index (χ0) is 29.5. The average Bonchev–Trinajstić information content (AvgIpc) is 2.98. The van der Waals surface area contributed by atoms with E-state index in [-0.39, 0.29) is 56.9 Å². The van der Waals surface area contributed by atoms with Crippen LogP contribution >= 0.6 is 0 Å². The molecular formula is C29H30N4O8. The quantitative estimate of drug-likeness (QED) is 0.355. The van der Waals surface area contributed by atoms with Crippen LogP contribution in [0.1, 0.15) is 40.6 Å². The normalized spacial score (nSPS) is 13.9. The fraction of sp³-hybridized carbons (Fsp3) is 0.310. The monoisotopic (exact) mass is 562 g/mol. The van der Waals surface area contributed by atoms with Gasteiger partial charge in [-0.1, -0.05) is 30.3 Å². The van der Waals surface area contributed by atoms with Gasteiger partial charge in [-0.3, -0.25) is 14.4 Å². The van der Waals surface area contributed by atoms with Crippen molar-refractivity contribution in [2.24, 2.45) is 0 Å². The summed E-state index contributed by atoms with van der Waals surface area (Å²) in [6.45, 7) is 2.83. The number of aromatic nitrogens is 1. The first kappa shape index (κ1) is 29.0. The van der Waals surface area contributed by atoms with Gasteiger partial charge in [-0.2, -0.15) is 0 Å². The first-order chi connectivity index (χ1) is 19.7. The molecule has 4 rings (SSSR count). The number of para-hydroxylation sites is 1. The largest absolute Gasteiger partial charge is 0.481 e. The number of carboxylic acid groups (broad SMARTS) is 2. The van der Waals surface area contributed by atoms with Crippen LogP contribution in [0, 0.1) is 0 Å². The smallest absolute Gasteiger partial charge is 0.409 e. The Morgan fingerprint density at radius 2 is 1.66 bits per heavy atom. The van der Waals surface area contributed by atoms with Crippen LogP contribution in [0.5, 0.6) is 0 Å². The third kappa shape index (κ3) is 6.96. The van der Waals surface area contributed by atoms with Gasteiger partial charge in [0.15, 0.2) is 0 Å². The molecule has 1 aliphatic heterocycles. The second kappa shape index (κ2) is 12.9. The molecule has 0 aliphatic carbocycles. The minimum Gasteiger partial charge on any atom is -0.481 e. The summed E-state index contributed by atoms with van der Waals surface area (Å²) in [6, 6.07) is 13.8. The summed E-state index contributed by atoms with van der Waals surface area (Å²) in [5.41, 5.74) is 1.69. The molecule has 2 aromatic carbocycles. The lowest BCUT2D eigenvalue weighted by Crippen LogP contribution is -2.56. The fourth-order valence-corrected chi connectivity index (χ4v) is 4.65. The Morgan fingerprint density at radius 1 is 0.951 bits per heavy atom. The maximum absolute atomic E-state index is 13.4. The number of benzene rings is 2. The van der Waals surface area contributed by atoms with E-state index in [4.69, 9.17) is 4.74 Å². The van der Waals surface area contributed by atoms with Gasteiger partial charge in [0.2, 0.25) is 5.91 Å². The number of ether oxygens (including phenoxy) is 1. The van der Waals surface area contributed by atoms with Crippen molar-refractivity contribution in [3.63, 3.8) is 0 Å². The molecule has 1 saturated heterocycles. The molecule has 214 valence electrons. The van der Waals surface area contributed by atoms with E-state index in [2.05, 4.69) is 10.3 Å². The topological polar surface area (TPSA) is 166 Å². The van der Waals surface area contributed by atoms with E-state index in [0.717, 1.165) is 0 Å². The molecule has 3 amide bonds. The molecule has 0 unspecified atom stereocenters. The van der Waals surface area contributed by atoms with Crippen LogP contribution < -0.4 is 5.32 Å². The molecule has 41 heavy (non-hydrogen) atoms. The number of carbonyl (C=O) groups excluding carboxylic acids is 3. The van der Waals surface area contributed by atoms with E-state index in [1.807, 2.05) is 6.07 Å². The van der Waals surface area contributed by atoms with E-state index in [1.165, 1.54) is 28.0 Å². The highest BCUT2D eigenvalue weighted by atomic mass is 16.6. The van der Waals surface area contributed by atoms with Gasteiger partial charge >= 0.3 is 18.0 Å². The second-order valence-electron chi connectivity index (χ2n) is 9.43. The molecule has 12 nitrogen and oxygen atoms in total. The van der Waals surface area contributed by atoms with Gasteiger partial charge in [-0.25, -0.2) is 14.6 Å². The number of hydrogen-bond donors (Lipinski definition) is 3. The minimum atomic E-state index is -1.14. The third-order valence-corrected chi connectivity index (χ3v) is 6.74. The number of hydrogen-bond acceptors (Lipinski definition) is 7. The summed E-state index contributed by atoms with van der Waals surface area (Å²) in [5.74, 6) is -3.35. The van der Waals surface area contributed by atoms with Gasteiger partial charge in [-0.15, -0.1) is 0 Å². The van der Waals surface area contributed by atoms with E-state index in [1.54, 1.807) is 37.3 Å². The summed E-state index contributed by atoms with van der Waals surface area (Å²) >= 11 is 0. The lowest BCUT2D eigenvalue weighted by atomic mass is 9.98. The summed E-state index contributed by atoms with van der Waals surface area (Å²) in [7, 11) is 0. The van der Waals surface area contributed by atoms with Crippen molar-refractivity contribution in [1.82, 2.24) is 20.1 Å². The maximum Gasteiger partial charge on any atom is 0.409 e. The molecular weight excluding hydrogens is 532 g/mol. The number of carboxylic acids is 2. The van der Waals surface area contributed by atoms with Crippen molar-refractivity contribution in [2.45, 2.75) is 25.8 Å². The first-order valence-electron chi connectivity index (χ1n) is 13.1.